The van der Waals surface area contributed by atoms with E-state index in [4.69, 9.17) is 0 Å². The average molecular weight is 411 g/mol. The molecule has 1 fully saturated rings. The Kier molecular flexibility index (Phi) is 5.44. The number of hydrogen-bond donors (Lipinski definition) is 0. The number of piperazine rings is 1. The van der Waals surface area contributed by atoms with Crippen LogP contribution in [0.1, 0.15) is 11.1 Å². The second kappa shape index (κ2) is 8.18. The third-order valence-corrected chi connectivity index (χ3v) is 5.18. The number of hydrogen-bond acceptors (Lipinski definition) is 3. The van der Waals surface area contributed by atoms with Gasteiger partial charge >= 0.3 is 6.18 Å². The van der Waals surface area contributed by atoms with E-state index in [1.165, 1.54) is 6.07 Å². The van der Waals surface area contributed by atoms with Gasteiger partial charge in [-0.15, -0.1) is 0 Å². The van der Waals surface area contributed by atoms with Gasteiger partial charge in [-0.25, -0.2) is 4.98 Å². The third kappa shape index (κ3) is 4.45. The Morgan fingerprint density at radius 2 is 1.67 bits per heavy atom. The summed E-state index contributed by atoms with van der Waals surface area (Å²) in [5.74, 6) is 0.407. The second-order valence-corrected chi connectivity index (χ2v) is 7.16. The highest BCUT2D eigenvalue weighted by Gasteiger charge is 2.31. The van der Waals surface area contributed by atoms with Gasteiger partial charge in [0, 0.05) is 38.5 Å². The molecule has 154 valence electrons. The van der Waals surface area contributed by atoms with Crippen molar-refractivity contribution in [2.24, 2.45) is 0 Å². The highest BCUT2D eigenvalue weighted by Crippen LogP contribution is 2.29. The maximum Gasteiger partial charge on any atom is 0.417 e. The highest BCUT2D eigenvalue weighted by molar-refractivity contribution is 5.93. The first kappa shape index (κ1) is 19.9. The Labute approximate surface area is 172 Å². The fourth-order valence-electron chi connectivity index (χ4n) is 3.48. The lowest BCUT2D eigenvalue weighted by Gasteiger charge is -2.35. The van der Waals surface area contributed by atoms with Crippen molar-refractivity contribution in [1.82, 2.24) is 9.88 Å². The topological polar surface area (TPSA) is 36.4 Å². The molecule has 1 saturated heterocycles. The minimum absolute atomic E-state index is 0.0804. The zero-order chi connectivity index (χ0) is 21.1. The maximum absolute atomic E-state index is 12.7. The van der Waals surface area contributed by atoms with E-state index < -0.39 is 11.7 Å². The smallest absolute Gasteiger partial charge is 0.353 e. The van der Waals surface area contributed by atoms with Crippen molar-refractivity contribution in [2.45, 2.75) is 6.18 Å². The van der Waals surface area contributed by atoms with Gasteiger partial charge in [0.15, 0.2) is 0 Å². The van der Waals surface area contributed by atoms with Crippen LogP contribution in [-0.4, -0.2) is 42.0 Å². The predicted molar refractivity (Wildman–Crippen MR) is 111 cm³/mol. The quantitative estimate of drug-likeness (QED) is 0.591. The number of benzene rings is 2. The first-order chi connectivity index (χ1) is 14.4. The summed E-state index contributed by atoms with van der Waals surface area (Å²) in [7, 11) is 0. The molecule has 2 aromatic carbocycles. The molecule has 0 unspecified atom stereocenters. The fraction of sp³-hybridized carbons (Fsp3) is 0.217. The number of carbonyl (C=O) groups excluding carboxylic acids is 1. The van der Waals surface area contributed by atoms with E-state index in [0.29, 0.717) is 32.0 Å². The standard InChI is InChI=1S/C23H20F3N3O/c24-23(25,26)20-8-9-21(27-16-20)28-11-13-29(14-12-28)22(30)10-6-17-5-7-18-3-1-2-4-19(18)15-17/h1-10,15-16H,11-14H2. The van der Waals surface area contributed by atoms with Gasteiger partial charge < -0.3 is 9.80 Å². The Morgan fingerprint density at radius 1 is 0.933 bits per heavy atom. The van der Waals surface area contributed by atoms with E-state index >= 15 is 0 Å². The molecule has 1 amide bonds. The monoisotopic (exact) mass is 411 g/mol. The molecule has 4 nitrogen and oxygen atoms in total. The van der Waals surface area contributed by atoms with Gasteiger partial charge in [-0.05, 0) is 40.6 Å². The zero-order valence-electron chi connectivity index (χ0n) is 16.1. The molecule has 0 aliphatic carbocycles. The van der Waals surface area contributed by atoms with Gasteiger partial charge in [0.25, 0.3) is 0 Å². The summed E-state index contributed by atoms with van der Waals surface area (Å²) in [6.45, 7) is 2.02. The molecule has 1 aromatic heterocycles. The summed E-state index contributed by atoms with van der Waals surface area (Å²) in [5, 5.41) is 2.26. The van der Waals surface area contributed by atoms with E-state index in [0.717, 1.165) is 28.6 Å². The molecule has 0 N–H and O–H groups in total. The first-order valence-corrected chi connectivity index (χ1v) is 9.64. The van der Waals surface area contributed by atoms with Gasteiger partial charge in [-0.3, -0.25) is 4.79 Å². The molecule has 0 atom stereocenters. The van der Waals surface area contributed by atoms with Gasteiger partial charge in [-0.2, -0.15) is 13.2 Å². The molecule has 0 saturated carbocycles. The summed E-state index contributed by atoms with van der Waals surface area (Å²) >= 11 is 0. The highest BCUT2D eigenvalue weighted by atomic mass is 19.4. The zero-order valence-corrected chi connectivity index (χ0v) is 16.1. The lowest BCUT2D eigenvalue weighted by atomic mass is 10.1. The van der Waals surface area contributed by atoms with E-state index in [9.17, 15) is 18.0 Å². The van der Waals surface area contributed by atoms with Crippen LogP contribution >= 0.6 is 0 Å². The van der Waals surface area contributed by atoms with Crippen molar-refractivity contribution in [2.75, 3.05) is 31.1 Å². The number of fused-ring (bicyclic) bond motifs is 1. The van der Waals surface area contributed by atoms with Gasteiger partial charge in [-0.1, -0.05) is 36.4 Å². The molecule has 4 rings (SSSR count). The van der Waals surface area contributed by atoms with Crippen molar-refractivity contribution in [3.05, 3.63) is 78.0 Å². The van der Waals surface area contributed by atoms with Crippen LogP contribution in [0.25, 0.3) is 16.8 Å². The van der Waals surface area contributed by atoms with E-state index in [1.54, 1.807) is 17.1 Å². The van der Waals surface area contributed by atoms with Crippen molar-refractivity contribution < 1.29 is 18.0 Å². The predicted octanol–water partition coefficient (Wildman–Crippen LogP) is 4.62. The van der Waals surface area contributed by atoms with E-state index in [1.807, 2.05) is 47.4 Å². The number of aromatic nitrogens is 1. The second-order valence-electron chi connectivity index (χ2n) is 7.16. The van der Waals surface area contributed by atoms with Crippen LogP contribution in [0.3, 0.4) is 0 Å². The van der Waals surface area contributed by atoms with Crippen LogP contribution in [-0.2, 0) is 11.0 Å². The molecule has 1 aliphatic rings. The SMILES string of the molecule is O=C(C=Cc1ccc2ccccc2c1)N1CCN(c2ccc(C(F)(F)F)cn2)CC1. The van der Waals surface area contributed by atoms with Crippen LogP contribution in [0, 0.1) is 0 Å². The molecule has 0 radical (unpaired) electrons. The summed E-state index contributed by atoms with van der Waals surface area (Å²) in [5.41, 5.74) is 0.188. The third-order valence-electron chi connectivity index (χ3n) is 5.18. The van der Waals surface area contributed by atoms with Crippen LogP contribution in [0.5, 0.6) is 0 Å². The minimum atomic E-state index is -4.39. The lowest BCUT2D eigenvalue weighted by molar-refractivity contribution is -0.137. The van der Waals surface area contributed by atoms with Crippen LogP contribution in [0.2, 0.25) is 0 Å². The van der Waals surface area contributed by atoms with Crippen LogP contribution in [0.15, 0.2) is 66.9 Å². The van der Waals surface area contributed by atoms with Crippen molar-refractivity contribution in [3.8, 4) is 0 Å². The average Bonchev–Trinajstić information content (AvgIpc) is 2.77. The summed E-state index contributed by atoms with van der Waals surface area (Å²) in [6.07, 6.45) is -0.179. The number of pyridine rings is 1. The number of alkyl halides is 3. The minimum Gasteiger partial charge on any atom is -0.353 e. The van der Waals surface area contributed by atoms with Crippen LogP contribution < -0.4 is 4.90 Å². The molecule has 30 heavy (non-hydrogen) atoms. The van der Waals surface area contributed by atoms with Gasteiger partial charge in [0.2, 0.25) is 5.91 Å². The molecule has 1 aliphatic heterocycles. The summed E-state index contributed by atoms with van der Waals surface area (Å²) in [4.78, 5) is 20.1. The molecule has 2 heterocycles. The lowest BCUT2D eigenvalue weighted by Crippen LogP contribution is -2.48. The van der Waals surface area contributed by atoms with Gasteiger partial charge in [0.05, 0.1) is 5.56 Å². The first-order valence-electron chi connectivity index (χ1n) is 9.64. The maximum atomic E-state index is 12.7. The number of nitrogens with zero attached hydrogens (tertiary/aromatic N) is 3. The number of rotatable bonds is 3. The molecular formula is C23H20F3N3O. The number of amides is 1. The Hall–Kier alpha value is -3.35. The fourth-order valence-corrected chi connectivity index (χ4v) is 3.48. The van der Waals surface area contributed by atoms with Crippen molar-refractivity contribution >= 4 is 28.6 Å². The molecule has 7 heteroatoms. The Balaban J connectivity index is 1.35. The van der Waals surface area contributed by atoms with Crippen molar-refractivity contribution in [3.63, 3.8) is 0 Å². The van der Waals surface area contributed by atoms with Crippen molar-refractivity contribution in [1.29, 1.82) is 0 Å². The molecule has 0 spiro atoms. The Morgan fingerprint density at radius 3 is 2.33 bits per heavy atom. The largest absolute Gasteiger partial charge is 0.417 e. The number of anilines is 1. The summed E-state index contributed by atoms with van der Waals surface area (Å²) in [6, 6.07) is 16.5. The normalized spacial score (nSPS) is 15.2. The van der Waals surface area contributed by atoms with E-state index in [-0.39, 0.29) is 5.91 Å². The molecule has 3 aromatic rings. The molecular weight excluding hydrogens is 391 g/mol. The van der Waals surface area contributed by atoms with E-state index in [2.05, 4.69) is 4.98 Å². The van der Waals surface area contributed by atoms with Gasteiger partial charge in [0.1, 0.15) is 5.82 Å². The summed E-state index contributed by atoms with van der Waals surface area (Å²) < 4.78 is 38.0. The number of carbonyl (C=O) groups is 1. The molecule has 0 bridgehead atoms. The number of halogens is 3. The Bertz CT molecular complexity index is 1070. The van der Waals surface area contributed by atoms with Crippen LogP contribution in [0.4, 0.5) is 19.0 Å².